The minimum Gasteiger partial charge on any atom is -0.457 e. The number of urea groups is 1. The highest BCUT2D eigenvalue weighted by atomic mass is 16.5. The van der Waals surface area contributed by atoms with Gasteiger partial charge in [0.25, 0.3) is 0 Å². The fourth-order valence-corrected chi connectivity index (χ4v) is 3.32. The Hall–Kier alpha value is -3.13. The lowest BCUT2D eigenvalue weighted by Crippen LogP contribution is -2.31. The quantitative estimate of drug-likeness (QED) is 0.458. The number of nitrogens with zero attached hydrogens (tertiary/aromatic N) is 1. The number of benzene rings is 1. The van der Waals surface area contributed by atoms with Crippen LogP contribution >= 0.6 is 0 Å². The Morgan fingerprint density at radius 1 is 1.13 bits per heavy atom. The van der Waals surface area contributed by atoms with Crippen LogP contribution in [0.4, 0.5) is 10.5 Å². The summed E-state index contributed by atoms with van der Waals surface area (Å²) >= 11 is 0. The van der Waals surface area contributed by atoms with E-state index >= 15 is 0 Å². The molecule has 2 aromatic rings. The first-order chi connectivity index (χ1) is 14.3. The Labute approximate surface area is 176 Å². The maximum absolute atomic E-state index is 12.5. The topological polar surface area (TPSA) is 98.7 Å². The number of anilines is 1. The smallest absolute Gasteiger partial charge is 0.319 e. The van der Waals surface area contributed by atoms with Gasteiger partial charge in [-0.25, -0.2) is 4.79 Å². The lowest BCUT2D eigenvalue weighted by molar-refractivity contribution is -0.142. The van der Waals surface area contributed by atoms with Crippen LogP contribution < -0.4 is 10.6 Å². The molecule has 30 heavy (non-hydrogen) atoms. The fourth-order valence-electron chi connectivity index (χ4n) is 3.32. The van der Waals surface area contributed by atoms with E-state index in [0.717, 1.165) is 11.4 Å². The summed E-state index contributed by atoms with van der Waals surface area (Å²) in [7, 11) is 1.64. The van der Waals surface area contributed by atoms with Crippen LogP contribution in [0.2, 0.25) is 0 Å². The molecule has 2 rings (SSSR count). The summed E-state index contributed by atoms with van der Waals surface area (Å²) in [5, 5.41) is 5.23. The van der Waals surface area contributed by atoms with Gasteiger partial charge in [-0.3, -0.25) is 9.59 Å². The first-order valence-corrected chi connectivity index (χ1v) is 9.79. The highest BCUT2D eigenvalue weighted by molar-refractivity contribution is 5.99. The lowest BCUT2D eigenvalue weighted by atomic mass is 10.1. The van der Waals surface area contributed by atoms with E-state index in [1.54, 1.807) is 37.4 Å². The number of hydrogen-bond donors (Lipinski definition) is 2. The average Bonchev–Trinajstić information content (AvgIpc) is 3.01. The second kappa shape index (κ2) is 11.2. The molecule has 0 fully saturated rings. The van der Waals surface area contributed by atoms with Crippen molar-refractivity contribution < 1.29 is 23.9 Å². The number of ketones is 1. The Morgan fingerprint density at radius 3 is 2.50 bits per heavy atom. The van der Waals surface area contributed by atoms with Gasteiger partial charge in [-0.05, 0) is 39.0 Å². The molecule has 0 radical (unpaired) electrons. The van der Waals surface area contributed by atoms with Crippen molar-refractivity contribution in [2.24, 2.45) is 0 Å². The predicted octanol–water partition coefficient (Wildman–Crippen LogP) is 3.25. The number of amides is 2. The standard InChI is InChI=1S/C22H29N3O5/c1-15-12-19(17(3)25(15)16(2)13-29-4)20(26)14-30-21(27)10-11-23-22(28)24-18-8-6-5-7-9-18/h5-9,12,16H,10-11,13-14H2,1-4H3,(H2,23,24,28)/t16-/m1/s1. The number of methoxy groups -OCH3 is 1. The molecule has 0 aliphatic rings. The maximum atomic E-state index is 12.5. The molecule has 0 saturated carbocycles. The maximum Gasteiger partial charge on any atom is 0.319 e. The largest absolute Gasteiger partial charge is 0.457 e. The molecule has 0 bridgehead atoms. The van der Waals surface area contributed by atoms with Gasteiger partial charge in [-0.1, -0.05) is 18.2 Å². The lowest BCUT2D eigenvalue weighted by Gasteiger charge is -2.17. The molecule has 2 amide bonds. The van der Waals surface area contributed by atoms with E-state index in [1.807, 2.05) is 31.4 Å². The molecule has 8 heteroatoms. The van der Waals surface area contributed by atoms with E-state index in [9.17, 15) is 14.4 Å². The van der Waals surface area contributed by atoms with E-state index in [4.69, 9.17) is 9.47 Å². The number of para-hydroxylation sites is 1. The average molecular weight is 415 g/mol. The summed E-state index contributed by atoms with van der Waals surface area (Å²) in [5.74, 6) is -0.813. The normalized spacial score (nSPS) is 11.6. The van der Waals surface area contributed by atoms with E-state index in [0.29, 0.717) is 17.9 Å². The molecule has 162 valence electrons. The zero-order valence-electron chi connectivity index (χ0n) is 17.9. The molecule has 0 aliphatic heterocycles. The van der Waals surface area contributed by atoms with Crippen molar-refractivity contribution in [3.63, 3.8) is 0 Å². The second-order valence-corrected chi connectivity index (χ2v) is 7.04. The fraction of sp³-hybridized carbons (Fsp3) is 0.409. The SMILES string of the molecule is COC[C@@H](C)n1c(C)cc(C(=O)COC(=O)CCNC(=O)Nc2ccccc2)c1C. The summed E-state index contributed by atoms with van der Waals surface area (Å²) in [6.45, 7) is 6.10. The number of carbonyl (C=O) groups is 3. The van der Waals surface area contributed by atoms with Gasteiger partial charge in [0.05, 0.1) is 19.1 Å². The molecule has 0 aliphatic carbocycles. The molecule has 1 heterocycles. The monoisotopic (exact) mass is 415 g/mol. The Balaban J connectivity index is 1.77. The van der Waals surface area contributed by atoms with Crippen LogP contribution in [0.1, 0.15) is 41.1 Å². The van der Waals surface area contributed by atoms with E-state index in [1.165, 1.54) is 0 Å². The van der Waals surface area contributed by atoms with Gasteiger partial charge < -0.3 is 24.7 Å². The minimum absolute atomic E-state index is 0.0284. The third kappa shape index (κ3) is 6.45. The van der Waals surface area contributed by atoms with Gasteiger partial charge in [0.15, 0.2) is 6.61 Å². The molecular weight excluding hydrogens is 386 g/mol. The van der Waals surface area contributed by atoms with Crippen LogP contribution in [0.3, 0.4) is 0 Å². The molecule has 1 aromatic carbocycles. The van der Waals surface area contributed by atoms with Crippen LogP contribution in [0, 0.1) is 13.8 Å². The summed E-state index contributed by atoms with van der Waals surface area (Å²) in [5.41, 5.74) is 2.95. The predicted molar refractivity (Wildman–Crippen MR) is 114 cm³/mol. The number of esters is 1. The van der Waals surface area contributed by atoms with Gasteiger partial charge in [0.2, 0.25) is 5.78 Å². The molecule has 2 N–H and O–H groups in total. The highest BCUT2D eigenvalue weighted by Crippen LogP contribution is 2.21. The molecule has 0 unspecified atom stereocenters. The van der Waals surface area contributed by atoms with Crippen LogP contribution in [-0.4, -0.2) is 49.2 Å². The second-order valence-electron chi connectivity index (χ2n) is 7.04. The van der Waals surface area contributed by atoms with Crippen LogP contribution in [0.15, 0.2) is 36.4 Å². The molecule has 0 spiro atoms. The van der Waals surface area contributed by atoms with E-state index in [2.05, 4.69) is 10.6 Å². The summed E-state index contributed by atoms with van der Waals surface area (Å²) in [6.07, 6.45) is -0.0284. The summed E-state index contributed by atoms with van der Waals surface area (Å²) in [4.78, 5) is 36.2. The number of rotatable bonds is 10. The number of hydrogen-bond acceptors (Lipinski definition) is 5. The zero-order chi connectivity index (χ0) is 22.1. The first kappa shape index (κ1) is 23.2. The molecule has 8 nitrogen and oxygen atoms in total. The van der Waals surface area contributed by atoms with Crippen molar-refractivity contribution in [2.45, 2.75) is 33.2 Å². The Kier molecular flexibility index (Phi) is 8.61. The van der Waals surface area contributed by atoms with Gasteiger partial charge in [-0.15, -0.1) is 0 Å². The van der Waals surface area contributed by atoms with Crippen molar-refractivity contribution in [1.29, 1.82) is 0 Å². The van der Waals surface area contributed by atoms with Gasteiger partial charge in [0.1, 0.15) is 0 Å². The van der Waals surface area contributed by atoms with Crippen LogP contribution in [0.25, 0.3) is 0 Å². The highest BCUT2D eigenvalue weighted by Gasteiger charge is 2.19. The number of nitrogens with one attached hydrogen (secondary N) is 2. The summed E-state index contributed by atoms with van der Waals surface area (Å²) in [6, 6.07) is 10.4. The molecular formula is C22H29N3O5. The van der Waals surface area contributed by atoms with Gasteiger partial charge >= 0.3 is 12.0 Å². The zero-order valence-corrected chi connectivity index (χ0v) is 17.9. The number of aryl methyl sites for hydroxylation is 1. The Bertz CT molecular complexity index is 876. The molecule has 0 saturated heterocycles. The number of Topliss-reactive ketones (excluding diaryl/α,β-unsaturated/α-hetero) is 1. The third-order valence-corrected chi connectivity index (χ3v) is 4.64. The van der Waals surface area contributed by atoms with Crippen molar-refractivity contribution in [2.75, 3.05) is 32.2 Å². The van der Waals surface area contributed by atoms with Crippen LogP contribution in [-0.2, 0) is 14.3 Å². The Morgan fingerprint density at radius 2 is 1.83 bits per heavy atom. The molecule has 1 atom stereocenters. The number of ether oxygens (including phenoxy) is 2. The molecule has 1 aromatic heterocycles. The van der Waals surface area contributed by atoms with Gasteiger partial charge in [0, 0.05) is 36.3 Å². The number of carbonyl (C=O) groups excluding carboxylic acids is 3. The minimum atomic E-state index is -0.551. The van der Waals surface area contributed by atoms with Crippen molar-refractivity contribution in [3.05, 3.63) is 53.3 Å². The van der Waals surface area contributed by atoms with Gasteiger partial charge in [-0.2, -0.15) is 0 Å². The summed E-state index contributed by atoms with van der Waals surface area (Å²) < 4.78 is 12.3. The first-order valence-electron chi connectivity index (χ1n) is 9.79. The van der Waals surface area contributed by atoms with Crippen LogP contribution in [0.5, 0.6) is 0 Å². The van der Waals surface area contributed by atoms with E-state index in [-0.39, 0.29) is 31.4 Å². The van der Waals surface area contributed by atoms with Crippen molar-refractivity contribution in [1.82, 2.24) is 9.88 Å². The van der Waals surface area contributed by atoms with Crippen molar-refractivity contribution >= 4 is 23.5 Å². The van der Waals surface area contributed by atoms with E-state index < -0.39 is 12.0 Å². The third-order valence-electron chi connectivity index (χ3n) is 4.64. The number of aromatic nitrogens is 1. The van der Waals surface area contributed by atoms with Crippen molar-refractivity contribution in [3.8, 4) is 0 Å².